The number of hydrogen-bond acceptors (Lipinski definition) is 0. The number of halogens is 5. The van der Waals surface area contributed by atoms with Crippen LogP contribution < -0.4 is 0 Å². The van der Waals surface area contributed by atoms with Crippen LogP contribution in [0.5, 0.6) is 0 Å². The summed E-state index contributed by atoms with van der Waals surface area (Å²) in [6.45, 7) is 0. The van der Waals surface area contributed by atoms with E-state index in [-0.39, 0.29) is 0 Å². The number of alkyl halides is 3. The van der Waals surface area contributed by atoms with Gasteiger partial charge < -0.3 is 0 Å². The van der Waals surface area contributed by atoms with Gasteiger partial charge in [0.25, 0.3) is 0 Å². The second kappa shape index (κ2) is 1.90. The minimum Gasteiger partial charge on any atom is -0.130 e. The SMILES string of the molecule is F[PH+](F)C(F)(F)F. The molecule has 0 heterocycles. The second-order valence-electron chi connectivity index (χ2n) is 0.758. The van der Waals surface area contributed by atoms with Crippen molar-refractivity contribution < 1.29 is 21.6 Å². The molecule has 0 nitrogen and oxygen atoms in total. The quantitative estimate of drug-likeness (QED) is 0.357. The van der Waals surface area contributed by atoms with Crippen LogP contribution in [0.25, 0.3) is 0 Å². The van der Waals surface area contributed by atoms with Crippen LogP contribution in [0, 0.1) is 0 Å². The van der Waals surface area contributed by atoms with Gasteiger partial charge in [-0.2, -0.15) is 0 Å². The first-order chi connectivity index (χ1) is 2.94. The molecule has 7 heavy (non-hydrogen) atoms. The topological polar surface area (TPSA) is 0 Å². The van der Waals surface area contributed by atoms with Crippen LogP contribution >= 0.6 is 8.54 Å². The molecule has 0 aromatic rings. The molecule has 0 unspecified atom stereocenters. The summed E-state index contributed by atoms with van der Waals surface area (Å²) in [5.74, 6) is -5.23. The summed E-state index contributed by atoms with van der Waals surface area (Å²) in [6, 6.07) is 0. The van der Waals surface area contributed by atoms with Gasteiger partial charge in [0, 0.05) is 0 Å². The van der Waals surface area contributed by atoms with Gasteiger partial charge in [0.05, 0.1) is 0 Å². The maximum Gasteiger partial charge on any atom is 0.576 e. The van der Waals surface area contributed by atoms with Crippen LogP contribution in [-0.4, -0.2) is 5.92 Å². The molecule has 0 aromatic heterocycles. The Bertz CT molecular complexity index is 53.6. The fourth-order valence-electron chi connectivity index (χ4n) is 0. The fourth-order valence-corrected chi connectivity index (χ4v) is 0. The summed E-state index contributed by atoms with van der Waals surface area (Å²) in [7, 11) is -5.05. The van der Waals surface area contributed by atoms with E-state index in [1.165, 1.54) is 0 Å². The molecule has 44 valence electrons. The van der Waals surface area contributed by atoms with Crippen molar-refractivity contribution >= 4 is 8.54 Å². The molecule has 0 fully saturated rings. The predicted molar refractivity (Wildman–Crippen MR) is 16.6 cm³/mol. The van der Waals surface area contributed by atoms with Crippen molar-refractivity contribution in [1.29, 1.82) is 0 Å². The average molecular weight is 139 g/mol. The Balaban J connectivity index is 3.54. The van der Waals surface area contributed by atoms with Crippen molar-refractivity contribution in [2.45, 2.75) is 5.92 Å². The van der Waals surface area contributed by atoms with Crippen LogP contribution in [0.3, 0.4) is 0 Å². The average Bonchev–Trinajstić information content (AvgIpc) is 1.31. The zero-order chi connectivity index (χ0) is 6.08. The third kappa shape index (κ3) is 2.74. The molecular weight excluding hydrogens is 138 g/mol. The molecule has 0 saturated carbocycles. The molecule has 0 aliphatic carbocycles. The van der Waals surface area contributed by atoms with Crippen molar-refractivity contribution in [3.63, 3.8) is 0 Å². The summed E-state index contributed by atoms with van der Waals surface area (Å²) < 4.78 is 52.5. The molecule has 0 spiro atoms. The van der Waals surface area contributed by atoms with E-state index < -0.39 is 14.5 Å². The Kier molecular flexibility index (Phi) is 1.92. The predicted octanol–water partition coefficient (Wildman–Crippen LogP) is 2.49. The van der Waals surface area contributed by atoms with Gasteiger partial charge >= 0.3 is 14.5 Å². The Labute approximate surface area is 37.3 Å². The summed E-state index contributed by atoms with van der Waals surface area (Å²) in [5.41, 5.74) is 0. The lowest BCUT2D eigenvalue weighted by Gasteiger charge is -1.89. The van der Waals surface area contributed by atoms with E-state index >= 15 is 0 Å². The molecule has 0 N–H and O–H groups in total. The van der Waals surface area contributed by atoms with Crippen molar-refractivity contribution in [2.24, 2.45) is 0 Å². The standard InChI is InChI=1S/CF5P/c2-1(3,4)7(5)6/p+1. The maximum atomic E-state index is 10.5. The molecule has 0 amide bonds. The van der Waals surface area contributed by atoms with Gasteiger partial charge in [-0.05, 0) is 8.39 Å². The third-order valence-electron chi connectivity index (χ3n) is 0.214. The summed E-state index contributed by atoms with van der Waals surface area (Å²) in [6.07, 6.45) is 0. The zero-order valence-corrected chi connectivity index (χ0v) is 3.89. The highest BCUT2D eigenvalue weighted by molar-refractivity contribution is 7.47. The van der Waals surface area contributed by atoms with Gasteiger partial charge in [0.15, 0.2) is 0 Å². The fraction of sp³-hybridized carbons (Fsp3) is 1.00. The molecule has 0 atom stereocenters. The van der Waals surface area contributed by atoms with Crippen molar-refractivity contribution in [2.75, 3.05) is 0 Å². The normalized spacial score (nSPS) is 12.9. The molecule has 0 bridgehead atoms. The van der Waals surface area contributed by atoms with E-state index in [0.29, 0.717) is 0 Å². The molecule has 0 aromatic carbocycles. The van der Waals surface area contributed by atoms with Gasteiger partial charge in [-0.15, -0.1) is 13.2 Å². The lowest BCUT2D eigenvalue weighted by Crippen LogP contribution is -1.96. The second-order valence-corrected chi connectivity index (χ2v) is 1.85. The highest BCUT2D eigenvalue weighted by atomic mass is 31.2. The monoisotopic (exact) mass is 139 g/mol. The van der Waals surface area contributed by atoms with Crippen molar-refractivity contribution in [3.8, 4) is 0 Å². The minimum atomic E-state index is -5.23. The zero-order valence-electron chi connectivity index (χ0n) is 2.89. The Morgan fingerprint density at radius 3 is 1.14 bits per heavy atom. The smallest absolute Gasteiger partial charge is 0.130 e. The lowest BCUT2D eigenvalue weighted by atomic mass is 11.6. The van der Waals surface area contributed by atoms with E-state index in [1.54, 1.807) is 0 Å². The van der Waals surface area contributed by atoms with Gasteiger partial charge in [-0.25, -0.2) is 0 Å². The van der Waals surface area contributed by atoms with Gasteiger partial charge in [0.1, 0.15) is 0 Å². The Hall–Kier alpha value is 0.0800. The number of rotatable bonds is 0. The molecule has 0 aliphatic rings. The third-order valence-corrected chi connectivity index (χ3v) is 0.643. The van der Waals surface area contributed by atoms with E-state index in [2.05, 4.69) is 0 Å². The highest BCUT2D eigenvalue weighted by Gasteiger charge is 2.52. The maximum absolute atomic E-state index is 10.5. The van der Waals surface area contributed by atoms with E-state index in [1.807, 2.05) is 0 Å². The first kappa shape index (κ1) is 7.08. The minimum absolute atomic E-state index is 5.05. The first-order valence-electron chi connectivity index (χ1n) is 1.19. The molecule has 0 rings (SSSR count). The van der Waals surface area contributed by atoms with Crippen molar-refractivity contribution in [3.05, 3.63) is 0 Å². The van der Waals surface area contributed by atoms with E-state index in [4.69, 9.17) is 0 Å². The Morgan fingerprint density at radius 1 is 1.00 bits per heavy atom. The largest absolute Gasteiger partial charge is 0.576 e. The molecular formula is CHF5P+. The molecule has 0 aliphatic heterocycles. The van der Waals surface area contributed by atoms with Crippen LogP contribution in [0.1, 0.15) is 0 Å². The molecule has 0 saturated heterocycles. The summed E-state index contributed by atoms with van der Waals surface area (Å²) in [5, 5.41) is 0. The van der Waals surface area contributed by atoms with Gasteiger partial charge in [0.2, 0.25) is 0 Å². The van der Waals surface area contributed by atoms with Crippen LogP contribution in [0.2, 0.25) is 0 Å². The van der Waals surface area contributed by atoms with Crippen LogP contribution in [0.15, 0.2) is 0 Å². The van der Waals surface area contributed by atoms with Crippen molar-refractivity contribution in [1.82, 2.24) is 0 Å². The Morgan fingerprint density at radius 2 is 1.14 bits per heavy atom. The van der Waals surface area contributed by atoms with Crippen LogP contribution in [0.4, 0.5) is 21.6 Å². The molecule has 6 heteroatoms. The van der Waals surface area contributed by atoms with Crippen LogP contribution in [-0.2, 0) is 0 Å². The summed E-state index contributed by atoms with van der Waals surface area (Å²) in [4.78, 5) is 0. The highest BCUT2D eigenvalue weighted by Crippen LogP contribution is 2.55. The van der Waals surface area contributed by atoms with Gasteiger partial charge in [-0.3, -0.25) is 0 Å². The van der Waals surface area contributed by atoms with E-state index in [9.17, 15) is 21.6 Å². The van der Waals surface area contributed by atoms with Gasteiger partial charge in [-0.1, -0.05) is 0 Å². The summed E-state index contributed by atoms with van der Waals surface area (Å²) >= 11 is 0. The number of hydrogen-bond donors (Lipinski definition) is 0. The first-order valence-corrected chi connectivity index (χ1v) is 2.45. The molecule has 0 radical (unpaired) electrons. The van der Waals surface area contributed by atoms with E-state index in [0.717, 1.165) is 0 Å². The lowest BCUT2D eigenvalue weighted by molar-refractivity contribution is -0.0488.